The summed E-state index contributed by atoms with van der Waals surface area (Å²) in [6, 6.07) is 6.69. The van der Waals surface area contributed by atoms with E-state index in [-0.39, 0.29) is 24.0 Å². The largest absolute Gasteiger partial charge is 0.326 e. The number of benzene rings is 1. The van der Waals surface area contributed by atoms with Crippen LogP contribution in [0.4, 0.5) is 5.69 Å². The molecule has 1 aliphatic heterocycles. The smallest absolute Gasteiger partial charge is 0.242 e. The Bertz CT molecular complexity index is 670. The van der Waals surface area contributed by atoms with Crippen LogP contribution in [-0.4, -0.2) is 46.0 Å². The molecule has 0 aromatic heterocycles. The van der Waals surface area contributed by atoms with Gasteiger partial charge in [-0.1, -0.05) is 11.8 Å². The van der Waals surface area contributed by atoms with Gasteiger partial charge in [0.2, 0.25) is 11.8 Å². The van der Waals surface area contributed by atoms with Crippen molar-refractivity contribution in [2.75, 3.05) is 18.4 Å². The Labute approximate surface area is 145 Å². The zero-order valence-electron chi connectivity index (χ0n) is 14.0. The highest BCUT2D eigenvalue weighted by molar-refractivity contribution is 8.15. The lowest BCUT2D eigenvalue weighted by Gasteiger charge is -2.13. The molecule has 1 heterocycles. The molecule has 1 aromatic rings. The lowest BCUT2D eigenvalue weighted by molar-refractivity contribution is -0.128. The summed E-state index contributed by atoms with van der Waals surface area (Å²) < 4.78 is 0. The Morgan fingerprint density at radius 2 is 1.92 bits per heavy atom. The van der Waals surface area contributed by atoms with E-state index in [2.05, 4.69) is 10.3 Å². The number of ketones is 1. The van der Waals surface area contributed by atoms with Gasteiger partial charge in [0, 0.05) is 30.8 Å². The number of thioether (sulfide) groups is 1. The molecule has 128 valence electrons. The van der Waals surface area contributed by atoms with Crippen LogP contribution < -0.4 is 5.32 Å². The van der Waals surface area contributed by atoms with Crippen LogP contribution in [0.2, 0.25) is 0 Å². The first kappa shape index (κ1) is 18.2. The van der Waals surface area contributed by atoms with E-state index >= 15 is 0 Å². The maximum absolute atomic E-state index is 12.3. The highest BCUT2D eigenvalue weighted by atomic mass is 32.2. The van der Waals surface area contributed by atoms with Crippen molar-refractivity contribution >= 4 is 40.2 Å². The fraction of sp³-hybridized carbons (Fsp3) is 0.412. The predicted molar refractivity (Wildman–Crippen MR) is 96.4 cm³/mol. The SMILES string of the molecule is CCN=C1S[C@@H](CC(=O)Nc2ccc(C(C)=O)cc2)C(=O)N1CC. The van der Waals surface area contributed by atoms with E-state index in [0.717, 1.165) is 0 Å². The van der Waals surface area contributed by atoms with Crippen molar-refractivity contribution < 1.29 is 14.4 Å². The number of amidine groups is 1. The van der Waals surface area contributed by atoms with E-state index < -0.39 is 5.25 Å². The number of Topliss-reactive ketones (excluding diaryl/α,β-unsaturated/α-hetero) is 1. The molecule has 1 atom stereocenters. The van der Waals surface area contributed by atoms with E-state index in [1.54, 1.807) is 29.2 Å². The van der Waals surface area contributed by atoms with Crippen molar-refractivity contribution in [2.45, 2.75) is 32.4 Å². The molecule has 6 nitrogen and oxygen atoms in total. The molecule has 0 unspecified atom stereocenters. The first-order valence-electron chi connectivity index (χ1n) is 7.89. The van der Waals surface area contributed by atoms with Crippen LogP contribution in [0.3, 0.4) is 0 Å². The van der Waals surface area contributed by atoms with Crippen LogP contribution in [0.1, 0.15) is 37.6 Å². The van der Waals surface area contributed by atoms with Crippen LogP contribution in [0.25, 0.3) is 0 Å². The average Bonchev–Trinajstić information content (AvgIpc) is 2.83. The molecule has 1 aliphatic rings. The first-order chi connectivity index (χ1) is 11.5. The minimum Gasteiger partial charge on any atom is -0.326 e. The number of hydrogen-bond acceptors (Lipinski definition) is 5. The van der Waals surface area contributed by atoms with Gasteiger partial charge >= 0.3 is 0 Å². The topological polar surface area (TPSA) is 78.8 Å². The summed E-state index contributed by atoms with van der Waals surface area (Å²) in [7, 11) is 0. The molecule has 0 bridgehead atoms. The summed E-state index contributed by atoms with van der Waals surface area (Å²) in [5.41, 5.74) is 1.20. The van der Waals surface area contributed by atoms with Gasteiger partial charge in [-0.3, -0.25) is 24.3 Å². The molecule has 2 amide bonds. The number of carbonyl (C=O) groups is 3. The Hall–Kier alpha value is -2.15. The van der Waals surface area contributed by atoms with Crippen LogP contribution in [0, 0.1) is 0 Å². The third kappa shape index (κ3) is 4.23. The molecule has 1 saturated heterocycles. The molecule has 7 heteroatoms. The Balaban J connectivity index is 1.98. The second-order valence-corrected chi connectivity index (χ2v) is 6.50. The molecule has 1 fully saturated rings. The van der Waals surface area contributed by atoms with Crippen molar-refractivity contribution in [3.05, 3.63) is 29.8 Å². The number of anilines is 1. The number of rotatable bonds is 6. The van der Waals surface area contributed by atoms with Gasteiger partial charge in [0.15, 0.2) is 11.0 Å². The minimum absolute atomic E-state index is 0.0248. The predicted octanol–water partition coefficient (Wildman–Crippen LogP) is 2.56. The van der Waals surface area contributed by atoms with Gasteiger partial charge in [0.05, 0.1) is 0 Å². The van der Waals surface area contributed by atoms with Crippen molar-refractivity contribution in [3.63, 3.8) is 0 Å². The zero-order valence-corrected chi connectivity index (χ0v) is 14.9. The van der Waals surface area contributed by atoms with Crippen LogP contribution in [0.15, 0.2) is 29.3 Å². The molecule has 0 aliphatic carbocycles. The zero-order chi connectivity index (χ0) is 17.7. The number of aliphatic imine (C=N–C) groups is 1. The maximum atomic E-state index is 12.3. The van der Waals surface area contributed by atoms with Crippen molar-refractivity contribution in [1.82, 2.24) is 4.90 Å². The normalized spacial score (nSPS) is 19.0. The van der Waals surface area contributed by atoms with E-state index in [1.807, 2.05) is 13.8 Å². The molecule has 0 saturated carbocycles. The Morgan fingerprint density at radius 3 is 2.46 bits per heavy atom. The fourth-order valence-corrected chi connectivity index (χ4v) is 3.62. The number of amides is 2. The van der Waals surface area contributed by atoms with E-state index in [1.165, 1.54) is 18.7 Å². The van der Waals surface area contributed by atoms with Gasteiger partial charge in [-0.2, -0.15) is 0 Å². The molecular weight excluding hydrogens is 326 g/mol. The van der Waals surface area contributed by atoms with E-state index in [0.29, 0.717) is 29.5 Å². The summed E-state index contributed by atoms with van der Waals surface area (Å²) in [6.07, 6.45) is 0.0944. The molecule has 0 radical (unpaired) electrons. The average molecular weight is 347 g/mol. The van der Waals surface area contributed by atoms with Crippen LogP contribution in [-0.2, 0) is 9.59 Å². The fourth-order valence-electron chi connectivity index (χ4n) is 2.36. The Kier molecular flexibility index (Phi) is 6.14. The monoisotopic (exact) mass is 347 g/mol. The maximum Gasteiger partial charge on any atom is 0.242 e. The molecule has 1 N–H and O–H groups in total. The third-order valence-corrected chi connectivity index (χ3v) is 4.79. The van der Waals surface area contributed by atoms with Crippen LogP contribution >= 0.6 is 11.8 Å². The lowest BCUT2D eigenvalue weighted by Crippen LogP contribution is -2.33. The number of hydrogen-bond donors (Lipinski definition) is 1. The molecule has 2 rings (SSSR count). The summed E-state index contributed by atoms with van der Waals surface area (Å²) in [4.78, 5) is 41.7. The molecule has 0 spiro atoms. The van der Waals surface area contributed by atoms with Gasteiger partial charge in [-0.05, 0) is 45.0 Å². The van der Waals surface area contributed by atoms with E-state index in [9.17, 15) is 14.4 Å². The quantitative estimate of drug-likeness (QED) is 0.802. The summed E-state index contributed by atoms with van der Waals surface area (Å²) >= 11 is 1.34. The van der Waals surface area contributed by atoms with Gasteiger partial charge in [-0.25, -0.2) is 0 Å². The van der Waals surface area contributed by atoms with Crippen LogP contribution in [0.5, 0.6) is 0 Å². The first-order valence-corrected chi connectivity index (χ1v) is 8.77. The summed E-state index contributed by atoms with van der Waals surface area (Å²) in [6.45, 7) is 6.45. The standard InChI is InChI=1S/C17H21N3O3S/c1-4-18-17-20(5-2)16(23)14(24-17)10-15(22)19-13-8-6-12(7-9-13)11(3)21/h6-9,14H,4-5,10H2,1-3H3,(H,19,22)/t14-/m0/s1. The number of carbonyl (C=O) groups excluding carboxylic acids is 3. The van der Waals surface area contributed by atoms with Gasteiger partial charge in [0.1, 0.15) is 5.25 Å². The second kappa shape index (κ2) is 8.10. The van der Waals surface area contributed by atoms with Gasteiger partial charge < -0.3 is 5.32 Å². The summed E-state index contributed by atoms with van der Waals surface area (Å²) in [5.74, 6) is -0.328. The van der Waals surface area contributed by atoms with Crippen molar-refractivity contribution in [2.24, 2.45) is 4.99 Å². The highest BCUT2D eigenvalue weighted by Crippen LogP contribution is 2.29. The minimum atomic E-state index is -0.438. The number of nitrogens with zero attached hydrogens (tertiary/aromatic N) is 2. The molecular formula is C17H21N3O3S. The van der Waals surface area contributed by atoms with Gasteiger partial charge in [-0.15, -0.1) is 0 Å². The van der Waals surface area contributed by atoms with E-state index in [4.69, 9.17) is 0 Å². The summed E-state index contributed by atoms with van der Waals surface area (Å²) in [5, 5.41) is 3.01. The third-order valence-electron chi connectivity index (χ3n) is 3.58. The van der Waals surface area contributed by atoms with Crippen molar-refractivity contribution in [1.29, 1.82) is 0 Å². The highest BCUT2D eigenvalue weighted by Gasteiger charge is 2.37. The van der Waals surface area contributed by atoms with Gasteiger partial charge in [0.25, 0.3) is 0 Å². The van der Waals surface area contributed by atoms with Crippen molar-refractivity contribution in [3.8, 4) is 0 Å². The number of nitrogens with one attached hydrogen (secondary N) is 1. The Morgan fingerprint density at radius 1 is 1.25 bits per heavy atom. The second-order valence-electron chi connectivity index (χ2n) is 5.33. The molecule has 24 heavy (non-hydrogen) atoms. The lowest BCUT2D eigenvalue weighted by atomic mass is 10.1. The molecule has 1 aromatic carbocycles.